The summed E-state index contributed by atoms with van der Waals surface area (Å²) in [6.07, 6.45) is 16.7. The number of aliphatic hydroxyl groups is 2. The number of unbranched alkanes of at least 4 members (excludes halogenated alkanes) is 13. The van der Waals surface area contributed by atoms with Crippen molar-refractivity contribution in [3.8, 4) is 0 Å². The first kappa shape index (κ1) is 55.5. The number of Topliss-reactive ketones (excluding diaryl/α,β-unsaturated/α-hetero) is 1. The lowest BCUT2D eigenvalue weighted by Gasteiger charge is -2.27. The van der Waals surface area contributed by atoms with Crippen molar-refractivity contribution < 1.29 is 48.6 Å². The third kappa shape index (κ3) is 26.6. The Morgan fingerprint density at radius 2 is 0.983 bits per heavy atom. The van der Waals surface area contributed by atoms with Crippen LogP contribution in [-0.2, 0) is 38.4 Å². The molecule has 6 atom stereocenters. The van der Waals surface area contributed by atoms with Crippen molar-refractivity contribution in [2.45, 2.75) is 185 Å². The van der Waals surface area contributed by atoms with E-state index in [0.29, 0.717) is 19.3 Å². The van der Waals surface area contributed by atoms with Crippen LogP contribution in [0.25, 0.3) is 0 Å². The Labute approximate surface area is 355 Å². The summed E-state index contributed by atoms with van der Waals surface area (Å²) in [7, 11) is 0. The molecule has 0 radical (unpaired) electrons. The number of primary amides is 1. The molecule has 0 aliphatic carbocycles. The van der Waals surface area contributed by atoms with Crippen LogP contribution in [0, 0.1) is 5.41 Å². The SMILES string of the molecule is CCCCCCCCCCCCCCCC(=O)NCC(=O)N[C@@H](CO)C(=O)N[C@H](CCC(N)=O)C(=O)N[C@@H](CC(N)C=N)C(=O)N[C@@H](CO)C(=O)N[C@@H](CCCC)C(C)=O. The van der Waals surface area contributed by atoms with Gasteiger partial charge >= 0.3 is 0 Å². The molecule has 19 nitrogen and oxygen atoms in total. The number of hydrogen-bond donors (Lipinski definition) is 11. The summed E-state index contributed by atoms with van der Waals surface area (Å²) in [6.45, 7) is 3.16. The highest BCUT2D eigenvalue weighted by Crippen LogP contribution is 2.13. The number of carbonyl (C=O) groups is 8. The Morgan fingerprint density at radius 1 is 0.550 bits per heavy atom. The van der Waals surface area contributed by atoms with Crippen LogP contribution in [0.3, 0.4) is 0 Å². The molecule has 0 fully saturated rings. The molecule has 60 heavy (non-hydrogen) atoms. The van der Waals surface area contributed by atoms with E-state index in [0.717, 1.165) is 31.9 Å². The molecule has 1 unspecified atom stereocenters. The van der Waals surface area contributed by atoms with E-state index in [1.807, 2.05) is 6.92 Å². The fourth-order valence-corrected chi connectivity index (χ4v) is 6.21. The summed E-state index contributed by atoms with van der Waals surface area (Å²) in [5.74, 6) is -6.21. The summed E-state index contributed by atoms with van der Waals surface area (Å²) in [6, 6.07) is -8.13. The van der Waals surface area contributed by atoms with Gasteiger partial charge in [0.05, 0.1) is 25.8 Å². The van der Waals surface area contributed by atoms with Gasteiger partial charge in [0, 0.05) is 25.1 Å². The van der Waals surface area contributed by atoms with E-state index in [9.17, 15) is 48.6 Å². The molecule has 0 aromatic heterocycles. The Kier molecular flexibility index (Phi) is 31.7. The van der Waals surface area contributed by atoms with E-state index >= 15 is 0 Å². The zero-order valence-electron chi connectivity index (χ0n) is 36.1. The molecule has 13 N–H and O–H groups in total. The summed E-state index contributed by atoms with van der Waals surface area (Å²) in [5.41, 5.74) is 11.1. The molecule has 0 rings (SSSR count). The molecule has 0 bridgehead atoms. The normalized spacial score (nSPS) is 14.0. The molecule has 19 heteroatoms. The Balaban J connectivity index is 5.28. The number of nitrogens with two attached hydrogens (primary N) is 2. The van der Waals surface area contributed by atoms with E-state index in [2.05, 4.69) is 38.8 Å². The first-order chi connectivity index (χ1) is 28.6. The van der Waals surface area contributed by atoms with Crippen LogP contribution in [0.5, 0.6) is 0 Å². The van der Waals surface area contributed by atoms with E-state index in [4.69, 9.17) is 16.9 Å². The highest BCUT2D eigenvalue weighted by Gasteiger charge is 2.33. The van der Waals surface area contributed by atoms with E-state index in [-0.39, 0.29) is 31.0 Å². The van der Waals surface area contributed by atoms with Gasteiger partial charge in [-0.15, -0.1) is 0 Å². The van der Waals surface area contributed by atoms with Crippen LogP contribution in [0.4, 0.5) is 0 Å². The molecule has 0 aromatic carbocycles. The molecular formula is C41H75N9O10. The lowest BCUT2D eigenvalue weighted by molar-refractivity contribution is -0.136. The minimum Gasteiger partial charge on any atom is -0.394 e. The maximum atomic E-state index is 13.5. The largest absolute Gasteiger partial charge is 0.394 e. The van der Waals surface area contributed by atoms with Crippen molar-refractivity contribution in [3.05, 3.63) is 0 Å². The van der Waals surface area contributed by atoms with Gasteiger partial charge in [0.1, 0.15) is 24.2 Å². The molecule has 0 aliphatic rings. The number of aliphatic hydroxyl groups excluding tert-OH is 2. The summed E-state index contributed by atoms with van der Waals surface area (Å²) in [4.78, 5) is 102. The fourth-order valence-electron chi connectivity index (χ4n) is 6.21. The van der Waals surface area contributed by atoms with Gasteiger partial charge in [-0.1, -0.05) is 104 Å². The zero-order valence-corrected chi connectivity index (χ0v) is 36.1. The lowest BCUT2D eigenvalue weighted by Crippen LogP contribution is -2.60. The van der Waals surface area contributed by atoms with Crippen molar-refractivity contribution in [2.75, 3.05) is 19.8 Å². The predicted octanol–water partition coefficient (Wildman–Crippen LogP) is 0.404. The van der Waals surface area contributed by atoms with Crippen LogP contribution >= 0.6 is 0 Å². The number of nitrogens with one attached hydrogen (secondary N) is 7. The topological polar surface area (TPSA) is 325 Å². The molecule has 0 aromatic rings. The minimum absolute atomic E-state index is 0.225. The minimum atomic E-state index is -1.58. The Bertz CT molecular complexity index is 1340. The Morgan fingerprint density at radius 3 is 1.47 bits per heavy atom. The Hall–Kier alpha value is -4.49. The smallest absolute Gasteiger partial charge is 0.245 e. The summed E-state index contributed by atoms with van der Waals surface area (Å²) < 4.78 is 0. The monoisotopic (exact) mass is 854 g/mol. The van der Waals surface area contributed by atoms with Crippen molar-refractivity contribution in [2.24, 2.45) is 11.5 Å². The molecule has 7 amide bonds. The summed E-state index contributed by atoms with van der Waals surface area (Å²) in [5, 5.41) is 41.6. The number of ketones is 1. The molecule has 0 heterocycles. The van der Waals surface area contributed by atoms with Crippen LogP contribution in [0.15, 0.2) is 0 Å². The number of hydrogen-bond acceptors (Lipinski definition) is 12. The van der Waals surface area contributed by atoms with E-state index < -0.39 is 97.9 Å². The fraction of sp³-hybridized carbons (Fsp3) is 0.780. The van der Waals surface area contributed by atoms with E-state index in [1.54, 1.807) is 0 Å². The molecule has 0 spiro atoms. The van der Waals surface area contributed by atoms with Crippen LogP contribution in [0.2, 0.25) is 0 Å². The third-order valence-electron chi connectivity index (χ3n) is 9.92. The second-order valence-corrected chi connectivity index (χ2v) is 15.3. The number of rotatable bonds is 37. The van der Waals surface area contributed by atoms with Crippen LogP contribution in [0.1, 0.15) is 149 Å². The van der Waals surface area contributed by atoms with Crippen LogP contribution in [-0.4, -0.2) is 120 Å². The molecular weight excluding hydrogens is 779 g/mol. The quantitative estimate of drug-likeness (QED) is 0.0300. The lowest BCUT2D eigenvalue weighted by atomic mass is 10.0. The first-order valence-corrected chi connectivity index (χ1v) is 21.7. The molecule has 0 saturated carbocycles. The average molecular weight is 854 g/mol. The van der Waals surface area contributed by atoms with Gasteiger partial charge in [0.15, 0.2) is 5.78 Å². The van der Waals surface area contributed by atoms with Gasteiger partial charge < -0.3 is 59.0 Å². The maximum Gasteiger partial charge on any atom is 0.245 e. The average Bonchev–Trinajstić information content (AvgIpc) is 3.21. The number of carbonyl (C=O) groups excluding carboxylic acids is 8. The van der Waals surface area contributed by atoms with Crippen molar-refractivity contribution >= 4 is 53.3 Å². The second-order valence-electron chi connectivity index (χ2n) is 15.3. The molecule has 0 aliphatic heterocycles. The summed E-state index contributed by atoms with van der Waals surface area (Å²) >= 11 is 0. The van der Waals surface area contributed by atoms with Crippen LogP contribution < -0.4 is 43.4 Å². The highest BCUT2D eigenvalue weighted by atomic mass is 16.3. The van der Waals surface area contributed by atoms with E-state index in [1.165, 1.54) is 64.7 Å². The third-order valence-corrected chi connectivity index (χ3v) is 9.92. The van der Waals surface area contributed by atoms with Crippen molar-refractivity contribution in [3.63, 3.8) is 0 Å². The number of amides is 7. The maximum absolute atomic E-state index is 13.5. The first-order valence-electron chi connectivity index (χ1n) is 21.7. The van der Waals surface area contributed by atoms with Crippen molar-refractivity contribution in [1.29, 1.82) is 5.41 Å². The second kappa shape index (κ2) is 34.2. The van der Waals surface area contributed by atoms with Crippen molar-refractivity contribution in [1.82, 2.24) is 31.9 Å². The van der Waals surface area contributed by atoms with Gasteiger partial charge in [0.25, 0.3) is 0 Å². The highest BCUT2D eigenvalue weighted by molar-refractivity contribution is 5.97. The van der Waals surface area contributed by atoms with Gasteiger partial charge in [0.2, 0.25) is 41.4 Å². The predicted molar refractivity (Wildman–Crippen MR) is 227 cm³/mol. The standard InChI is InChI=1S/C41H75N9O10/c1-4-6-8-9-10-11-12-13-14-15-16-17-18-20-36(55)45-25-37(56)46-33(26-51)40(59)48-31(21-22-35(44)54)38(57)49-32(23-29(43)24-42)39(58)50-34(27-52)41(60)47-30(28(3)53)19-7-5-2/h24,29-34,42,51-52H,4-23,25-27,43H2,1-3H3,(H2,44,54)(H,45,55)(H,46,56)(H,47,60)(H,48,59)(H,49,57)(H,50,58)/t29?,30-,31+,32-,33-,34-/m0/s1. The molecule has 344 valence electrons. The van der Waals surface area contributed by atoms with Gasteiger partial charge in [-0.3, -0.25) is 38.4 Å². The zero-order chi connectivity index (χ0) is 45.3. The van der Waals surface area contributed by atoms with Gasteiger partial charge in [-0.2, -0.15) is 0 Å². The van der Waals surface area contributed by atoms with Gasteiger partial charge in [-0.25, -0.2) is 0 Å². The van der Waals surface area contributed by atoms with Gasteiger partial charge in [-0.05, 0) is 32.6 Å². The molecule has 0 saturated heterocycles.